The lowest BCUT2D eigenvalue weighted by Crippen LogP contribution is -2.41. The molecule has 2 aromatic heterocycles. The molecule has 4 rings (SSSR count). The number of likely N-dealkylation sites (tertiary alicyclic amines) is 1. The molecule has 1 fully saturated rings. The Kier molecular flexibility index (Phi) is 4.42. The molecule has 1 aliphatic heterocycles. The Bertz CT molecular complexity index is 931. The number of halogens is 1. The maximum atomic E-state index is 11.0. The number of aromatic nitrogens is 2. The van der Waals surface area contributed by atoms with Gasteiger partial charge < -0.3 is 14.7 Å². The lowest BCUT2D eigenvalue weighted by molar-refractivity contribution is 0.0895. The largest absolute Gasteiger partial charge is 0.490 e. The van der Waals surface area contributed by atoms with E-state index in [4.69, 9.17) is 21.4 Å². The van der Waals surface area contributed by atoms with Gasteiger partial charge in [0.05, 0.1) is 0 Å². The van der Waals surface area contributed by atoms with E-state index in [-0.39, 0.29) is 6.10 Å². The van der Waals surface area contributed by atoms with Crippen LogP contribution in [0.1, 0.15) is 12.8 Å². The third-order valence-electron chi connectivity index (χ3n) is 4.68. The monoisotopic (exact) mass is 371 g/mol. The van der Waals surface area contributed by atoms with Crippen molar-refractivity contribution in [2.75, 3.05) is 13.1 Å². The molecule has 26 heavy (non-hydrogen) atoms. The van der Waals surface area contributed by atoms with E-state index in [1.165, 1.54) is 4.90 Å². The molecule has 0 atom stereocenters. The minimum absolute atomic E-state index is 0.0438. The quantitative estimate of drug-likeness (QED) is 0.701. The molecule has 0 bridgehead atoms. The molecule has 3 heterocycles. The number of hydrogen-bond acceptors (Lipinski definition) is 3. The first-order valence-electron chi connectivity index (χ1n) is 8.48. The van der Waals surface area contributed by atoms with Crippen LogP contribution < -0.4 is 4.74 Å². The number of imidazole rings is 1. The first-order valence-corrected chi connectivity index (χ1v) is 8.86. The number of fused-ring (bicyclic) bond motifs is 1. The molecule has 6 nitrogen and oxygen atoms in total. The van der Waals surface area contributed by atoms with E-state index in [1.807, 2.05) is 47.0 Å². The van der Waals surface area contributed by atoms with Crippen LogP contribution in [0.3, 0.4) is 0 Å². The van der Waals surface area contributed by atoms with Crippen molar-refractivity contribution in [3.63, 3.8) is 0 Å². The lowest BCUT2D eigenvalue weighted by Gasteiger charge is -2.30. The highest BCUT2D eigenvalue weighted by Crippen LogP contribution is 2.30. The van der Waals surface area contributed by atoms with E-state index in [2.05, 4.69) is 4.98 Å². The standard InChI is InChI=1S/C19H18ClN3O3/c20-18-16(5-6-17-21-9-12-23(17)18)13-1-3-14(4-2-13)26-15-7-10-22(11-8-15)19(24)25/h1-6,9,12,15H,7-8,10-11H2,(H,24,25). The molecule has 0 radical (unpaired) electrons. The van der Waals surface area contributed by atoms with Crippen molar-refractivity contribution in [3.8, 4) is 16.9 Å². The number of benzene rings is 1. The van der Waals surface area contributed by atoms with Crippen molar-refractivity contribution in [2.45, 2.75) is 18.9 Å². The summed E-state index contributed by atoms with van der Waals surface area (Å²) in [7, 11) is 0. The molecule has 1 aromatic carbocycles. The van der Waals surface area contributed by atoms with Crippen molar-refractivity contribution < 1.29 is 14.6 Å². The molecular formula is C19H18ClN3O3. The Morgan fingerprint density at radius 2 is 1.88 bits per heavy atom. The number of rotatable bonds is 3. The van der Waals surface area contributed by atoms with E-state index < -0.39 is 6.09 Å². The highest BCUT2D eigenvalue weighted by Gasteiger charge is 2.23. The average molecular weight is 372 g/mol. The van der Waals surface area contributed by atoms with Gasteiger partial charge >= 0.3 is 6.09 Å². The van der Waals surface area contributed by atoms with Gasteiger partial charge in [-0.25, -0.2) is 9.78 Å². The second-order valence-corrected chi connectivity index (χ2v) is 6.66. The molecule has 0 aliphatic carbocycles. The van der Waals surface area contributed by atoms with Crippen LogP contribution in [-0.2, 0) is 0 Å². The van der Waals surface area contributed by atoms with Gasteiger partial charge in [0.15, 0.2) is 0 Å². The summed E-state index contributed by atoms with van der Waals surface area (Å²) >= 11 is 6.49. The normalized spacial score (nSPS) is 15.3. The molecule has 7 heteroatoms. The van der Waals surface area contributed by atoms with E-state index in [1.54, 1.807) is 6.20 Å². The van der Waals surface area contributed by atoms with E-state index >= 15 is 0 Å². The minimum atomic E-state index is -0.862. The van der Waals surface area contributed by atoms with Crippen molar-refractivity contribution >= 4 is 23.3 Å². The number of carboxylic acid groups (broad SMARTS) is 1. The molecule has 1 saturated heterocycles. The van der Waals surface area contributed by atoms with Gasteiger partial charge in [0, 0.05) is 43.9 Å². The Morgan fingerprint density at radius 3 is 2.58 bits per heavy atom. The van der Waals surface area contributed by atoms with Crippen molar-refractivity contribution in [2.24, 2.45) is 0 Å². The van der Waals surface area contributed by atoms with Crippen LogP contribution in [0.25, 0.3) is 16.8 Å². The van der Waals surface area contributed by atoms with Gasteiger partial charge in [-0.05, 0) is 29.8 Å². The zero-order valence-electron chi connectivity index (χ0n) is 14.0. The summed E-state index contributed by atoms with van der Waals surface area (Å²) < 4.78 is 7.84. The smallest absolute Gasteiger partial charge is 0.407 e. The summed E-state index contributed by atoms with van der Waals surface area (Å²) in [5.41, 5.74) is 2.74. The summed E-state index contributed by atoms with van der Waals surface area (Å²) in [6.07, 6.45) is 4.15. The maximum Gasteiger partial charge on any atom is 0.407 e. The fourth-order valence-corrected chi connectivity index (χ4v) is 3.56. The Morgan fingerprint density at radius 1 is 1.15 bits per heavy atom. The van der Waals surface area contributed by atoms with E-state index in [0.717, 1.165) is 22.5 Å². The van der Waals surface area contributed by atoms with Gasteiger partial charge in [0.1, 0.15) is 22.7 Å². The van der Waals surface area contributed by atoms with Gasteiger partial charge in [0.25, 0.3) is 0 Å². The van der Waals surface area contributed by atoms with Crippen LogP contribution in [0.5, 0.6) is 5.75 Å². The van der Waals surface area contributed by atoms with Gasteiger partial charge in [-0.1, -0.05) is 23.7 Å². The first kappa shape index (κ1) is 16.7. The zero-order chi connectivity index (χ0) is 18.1. The third kappa shape index (κ3) is 3.20. The summed E-state index contributed by atoms with van der Waals surface area (Å²) in [5.74, 6) is 0.780. The lowest BCUT2D eigenvalue weighted by atomic mass is 10.1. The topological polar surface area (TPSA) is 67.1 Å². The van der Waals surface area contributed by atoms with Gasteiger partial charge in [-0.15, -0.1) is 0 Å². The fourth-order valence-electron chi connectivity index (χ4n) is 3.25. The van der Waals surface area contributed by atoms with Crippen molar-refractivity contribution in [1.82, 2.24) is 14.3 Å². The highest BCUT2D eigenvalue weighted by atomic mass is 35.5. The number of piperidine rings is 1. The van der Waals surface area contributed by atoms with Gasteiger partial charge in [0.2, 0.25) is 0 Å². The number of pyridine rings is 1. The van der Waals surface area contributed by atoms with Crippen molar-refractivity contribution in [1.29, 1.82) is 0 Å². The van der Waals surface area contributed by atoms with Crippen LogP contribution in [-0.4, -0.2) is 44.7 Å². The molecule has 3 aromatic rings. The zero-order valence-corrected chi connectivity index (χ0v) is 14.8. The summed E-state index contributed by atoms with van der Waals surface area (Å²) in [5, 5.41) is 9.62. The molecule has 1 N–H and O–H groups in total. The molecular weight excluding hydrogens is 354 g/mol. The first-order chi connectivity index (χ1) is 12.6. The molecule has 0 saturated carbocycles. The predicted molar refractivity (Wildman–Crippen MR) is 98.9 cm³/mol. The van der Waals surface area contributed by atoms with Crippen LogP contribution in [0.15, 0.2) is 48.8 Å². The van der Waals surface area contributed by atoms with Crippen LogP contribution >= 0.6 is 11.6 Å². The predicted octanol–water partition coefficient (Wildman–Crippen LogP) is 4.18. The number of nitrogens with zero attached hydrogens (tertiary/aromatic N) is 3. The van der Waals surface area contributed by atoms with Crippen molar-refractivity contribution in [3.05, 3.63) is 53.9 Å². The van der Waals surface area contributed by atoms with Crippen LogP contribution in [0.2, 0.25) is 5.15 Å². The molecule has 134 valence electrons. The molecule has 1 amide bonds. The number of amides is 1. The molecule has 1 aliphatic rings. The molecule has 0 spiro atoms. The second kappa shape index (κ2) is 6.88. The SMILES string of the molecule is O=C(O)N1CCC(Oc2ccc(-c3ccc4nccn4c3Cl)cc2)CC1. The number of ether oxygens (including phenoxy) is 1. The number of hydrogen-bond donors (Lipinski definition) is 1. The number of carbonyl (C=O) groups is 1. The Hall–Kier alpha value is -2.73. The van der Waals surface area contributed by atoms with Crippen LogP contribution in [0, 0.1) is 0 Å². The summed E-state index contributed by atoms with van der Waals surface area (Å²) in [4.78, 5) is 16.6. The average Bonchev–Trinajstić information content (AvgIpc) is 3.13. The second-order valence-electron chi connectivity index (χ2n) is 6.30. The minimum Gasteiger partial charge on any atom is -0.490 e. The van der Waals surface area contributed by atoms with E-state index in [9.17, 15) is 4.79 Å². The summed E-state index contributed by atoms with van der Waals surface area (Å²) in [6.45, 7) is 1.03. The van der Waals surface area contributed by atoms with Gasteiger partial charge in [-0.2, -0.15) is 0 Å². The van der Waals surface area contributed by atoms with Gasteiger partial charge in [-0.3, -0.25) is 4.40 Å². The molecule has 0 unspecified atom stereocenters. The third-order valence-corrected chi connectivity index (χ3v) is 5.07. The fraction of sp³-hybridized carbons (Fsp3) is 0.263. The summed E-state index contributed by atoms with van der Waals surface area (Å²) in [6, 6.07) is 11.7. The maximum absolute atomic E-state index is 11.0. The highest BCUT2D eigenvalue weighted by molar-refractivity contribution is 6.32. The Labute approximate surface area is 155 Å². The van der Waals surface area contributed by atoms with Crippen LogP contribution in [0.4, 0.5) is 4.79 Å². The van der Waals surface area contributed by atoms with E-state index in [0.29, 0.717) is 31.1 Å². The Balaban J connectivity index is 1.47.